The van der Waals surface area contributed by atoms with Crippen molar-refractivity contribution in [3.63, 3.8) is 0 Å². The van der Waals surface area contributed by atoms with E-state index in [-0.39, 0.29) is 18.6 Å². The van der Waals surface area contributed by atoms with Crippen molar-refractivity contribution in [1.82, 2.24) is 10.3 Å². The van der Waals surface area contributed by atoms with Crippen molar-refractivity contribution in [2.24, 2.45) is 0 Å². The van der Waals surface area contributed by atoms with Crippen molar-refractivity contribution in [3.8, 4) is 0 Å². The summed E-state index contributed by atoms with van der Waals surface area (Å²) in [5.74, 6) is -0.252. The van der Waals surface area contributed by atoms with Crippen LogP contribution in [0.25, 0.3) is 0 Å². The number of carbonyl (C=O) groups is 1. The summed E-state index contributed by atoms with van der Waals surface area (Å²) in [6.45, 7) is 1.83. The number of aromatic amines is 1. The Labute approximate surface area is 87.3 Å². The van der Waals surface area contributed by atoms with E-state index in [1.54, 1.807) is 6.07 Å². The maximum absolute atomic E-state index is 11.5. The lowest BCUT2D eigenvalue weighted by molar-refractivity contribution is 0.0910. The highest BCUT2D eigenvalue weighted by molar-refractivity contribution is 6.30. The molecule has 14 heavy (non-hydrogen) atoms. The fraction of sp³-hybridized carbons (Fsp3) is 0.444. The number of amides is 1. The van der Waals surface area contributed by atoms with Crippen molar-refractivity contribution in [2.75, 3.05) is 6.61 Å². The highest BCUT2D eigenvalue weighted by Gasteiger charge is 2.12. The van der Waals surface area contributed by atoms with E-state index < -0.39 is 0 Å². The van der Waals surface area contributed by atoms with Crippen LogP contribution in [-0.2, 0) is 0 Å². The van der Waals surface area contributed by atoms with Crippen molar-refractivity contribution < 1.29 is 9.90 Å². The number of nitrogens with one attached hydrogen (secondary N) is 2. The van der Waals surface area contributed by atoms with Gasteiger partial charge >= 0.3 is 0 Å². The molecule has 0 aromatic carbocycles. The van der Waals surface area contributed by atoms with Crippen LogP contribution < -0.4 is 5.32 Å². The Morgan fingerprint density at radius 2 is 2.50 bits per heavy atom. The summed E-state index contributed by atoms with van der Waals surface area (Å²) in [7, 11) is 0. The number of hydrogen-bond donors (Lipinski definition) is 3. The summed E-state index contributed by atoms with van der Waals surface area (Å²) in [6.07, 6.45) is 2.23. The predicted molar refractivity (Wildman–Crippen MR) is 54.4 cm³/mol. The van der Waals surface area contributed by atoms with Gasteiger partial charge in [-0.3, -0.25) is 4.79 Å². The van der Waals surface area contributed by atoms with Gasteiger partial charge in [-0.05, 0) is 12.5 Å². The molecule has 0 radical (unpaired) electrons. The molecule has 0 unspecified atom stereocenters. The summed E-state index contributed by atoms with van der Waals surface area (Å²) in [5.41, 5.74) is 0.405. The first-order chi connectivity index (χ1) is 6.67. The van der Waals surface area contributed by atoms with Gasteiger partial charge in [-0.25, -0.2) is 0 Å². The van der Waals surface area contributed by atoms with Crippen LogP contribution in [0.4, 0.5) is 0 Å². The van der Waals surface area contributed by atoms with Crippen LogP contribution in [0.5, 0.6) is 0 Å². The van der Waals surface area contributed by atoms with Gasteiger partial charge < -0.3 is 15.4 Å². The lowest BCUT2D eigenvalue weighted by atomic mass is 10.2. The first-order valence-corrected chi connectivity index (χ1v) is 4.80. The van der Waals surface area contributed by atoms with E-state index in [9.17, 15) is 4.79 Å². The second kappa shape index (κ2) is 5.02. The number of aliphatic hydroxyl groups is 1. The minimum absolute atomic E-state index is 0.0588. The molecular weight excluding hydrogens is 204 g/mol. The molecular formula is C9H13ClN2O2. The third-order valence-electron chi connectivity index (χ3n) is 1.94. The Morgan fingerprint density at radius 3 is 2.93 bits per heavy atom. The van der Waals surface area contributed by atoms with Crippen LogP contribution in [0, 0.1) is 0 Å². The van der Waals surface area contributed by atoms with Gasteiger partial charge in [0.25, 0.3) is 5.91 Å². The van der Waals surface area contributed by atoms with Crippen molar-refractivity contribution in [3.05, 3.63) is 23.0 Å². The fourth-order valence-electron chi connectivity index (χ4n) is 1.04. The minimum Gasteiger partial charge on any atom is -0.394 e. The standard InChI is InChI=1S/C9H13ClN2O2/c1-2-7(5-13)12-9(14)8-3-6(10)4-11-8/h3-4,7,11,13H,2,5H2,1H3,(H,12,14)/t7-/m1/s1. The molecule has 0 saturated carbocycles. The summed E-state index contributed by atoms with van der Waals surface area (Å²) >= 11 is 5.65. The summed E-state index contributed by atoms with van der Waals surface area (Å²) in [5, 5.41) is 12.0. The third-order valence-corrected chi connectivity index (χ3v) is 2.16. The van der Waals surface area contributed by atoms with Crippen molar-refractivity contribution in [1.29, 1.82) is 0 Å². The second-order valence-electron chi connectivity index (χ2n) is 2.99. The van der Waals surface area contributed by atoms with Gasteiger partial charge in [-0.1, -0.05) is 18.5 Å². The minimum atomic E-state index is -0.252. The molecule has 0 spiro atoms. The zero-order valence-electron chi connectivity index (χ0n) is 7.88. The predicted octanol–water partition coefficient (Wildman–Crippen LogP) is 1.17. The number of aromatic nitrogens is 1. The van der Waals surface area contributed by atoms with E-state index in [0.717, 1.165) is 0 Å². The average molecular weight is 217 g/mol. The van der Waals surface area contributed by atoms with Crippen LogP contribution in [0.1, 0.15) is 23.8 Å². The number of halogens is 1. The molecule has 1 aromatic rings. The molecule has 0 aliphatic heterocycles. The first kappa shape index (κ1) is 11.1. The highest BCUT2D eigenvalue weighted by atomic mass is 35.5. The Hall–Kier alpha value is -1.00. The van der Waals surface area contributed by atoms with Crippen LogP contribution in [0.2, 0.25) is 5.02 Å². The molecule has 1 aromatic heterocycles. The second-order valence-corrected chi connectivity index (χ2v) is 3.43. The molecule has 1 heterocycles. The summed E-state index contributed by atoms with van der Waals surface area (Å²) in [4.78, 5) is 14.2. The molecule has 4 nitrogen and oxygen atoms in total. The number of hydrogen-bond acceptors (Lipinski definition) is 2. The van der Waals surface area contributed by atoms with Gasteiger partial charge in [0.15, 0.2) is 0 Å². The van der Waals surface area contributed by atoms with E-state index in [4.69, 9.17) is 16.7 Å². The number of rotatable bonds is 4. The Bertz CT molecular complexity index is 308. The Kier molecular flexibility index (Phi) is 3.98. The largest absolute Gasteiger partial charge is 0.394 e. The van der Waals surface area contributed by atoms with E-state index in [1.165, 1.54) is 6.20 Å². The Balaban J connectivity index is 2.58. The van der Waals surface area contributed by atoms with Crippen molar-refractivity contribution >= 4 is 17.5 Å². The zero-order chi connectivity index (χ0) is 10.6. The van der Waals surface area contributed by atoms with Gasteiger partial charge in [-0.15, -0.1) is 0 Å². The maximum atomic E-state index is 11.5. The average Bonchev–Trinajstić information content (AvgIpc) is 2.61. The van der Waals surface area contributed by atoms with Crippen LogP contribution in [0.15, 0.2) is 12.3 Å². The van der Waals surface area contributed by atoms with Crippen molar-refractivity contribution in [2.45, 2.75) is 19.4 Å². The van der Waals surface area contributed by atoms with Gasteiger partial charge in [-0.2, -0.15) is 0 Å². The van der Waals surface area contributed by atoms with E-state index in [0.29, 0.717) is 17.1 Å². The lowest BCUT2D eigenvalue weighted by Crippen LogP contribution is -2.37. The van der Waals surface area contributed by atoms with Gasteiger partial charge in [0.2, 0.25) is 0 Å². The molecule has 1 atom stereocenters. The number of H-pyrrole nitrogens is 1. The molecule has 5 heteroatoms. The van der Waals surface area contributed by atoms with Gasteiger partial charge in [0.05, 0.1) is 17.7 Å². The smallest absolute Gasteiger partial charge is 0.268 e. The van der Waals surface area contributed by atoms with Gasteiger partial charge in [0.1, 0.15) is 5.69 Å². The van der Waals surface area contributed by atoms with E-state index in [1.807, 2.05) is 6.92 Å². The molecule has 0 saturated heterocycles. The molecule has 1 amide bonds. The van der Waals surface area contributed by atoms with Crippen LogP contribution in [0.3, 0.4) is 0 Å². The number of carbonyl (C=O) groups excluding carboxylic acids is 1. The molecule has 78 valence electrons. The SMILES string of the molecule is CC[C@H](CO)NC(=O)c1cc(Cl)c[nH]1. The molecule has 0 aliphatic carbocycles. The summed E-state index contributed by atoms with van der Waals surface area (Å²) in [6, 6.07) is 1.34. The molecule has 0 bridgehead atoms. The third kappa shape index (κ3) is 2.75. The van der Waals surface area contributed by atoms with Crippen LogP contribution in [-0.4, -0.2) is 28.6 Å². The molecule has 0 fully saturated rings. The normalized spacial score (nSPS) is 12.5. The fourth-order valence-corrected chi connectivity index (χ4v) is 1.20. The molecule has 0 aliphatic rings. The van der Waals surface area contributed by atoms with E-state index >= 15 is 0 Å². The van der Waals surface area contributed by atoms with Crippen LogP contribution >= 0.6 is 11.6 Å². The monoisotopic (exact) mass is 216 g/mol. The first-order valence-electron chi connectivity index (χ1n) is 4.43. The lowest BCUT2D eigenvalue weighted by Gasteiger charge is -2.12. The topological polar surface area (TPSA) is 65.1 Å². The molecule has 1 rings (SSSR count). The summed E-state index contributed by atoms with van der Waals surface area (Å²) < 4.78 is 0. The molecule has 3 N–H and O–H groups in total. The van der Waals surface area contributed by atoms with E-state index in [2.05, 4.69) is 10.3 Å². The van der Waals surface area contributed by atoms with Gasteiger partial charge in [0, 0.05) is 6.20 Å². The zero-order valence-corrected chi connectivity index (χ0v) is 8.64. The maximum Gasteiger partial charge on any atom is 0.268 e. The number of aliphatic hydroxyl groups excluding tert-OH is 1. The Morgan fingerprint density at radius 1 is 1.79 bits per heavy atom. The quantitative estimate of drug-likeness (QED) is 0.708. The highest BCUT2D eigenvalue weighted by Crippen LogP contribution is 2.09.